The summed E-state index contributed by atoms with van der Waals surface area (Å²) in [6.07, 6.45) is 0. The second kappa shape index (κ2) is 8.81. The van der Waals surface area contributed by atoms with E-state index in [1.165, 1.54) is 32.2 Å². The molecular weight excluding hydrogens is 372 g/mol. The van der Waals surface area contributed by atoms with Crippen LogP contribution in [0.4, 0.5) is 11.4 Å². The van der Waals surface area contributed by atoms with Gasteiger partial charge < -0.3 is 14.8 Å². The molecule has 1 amide bonds. The summed E-state index contributed by atoms with van der Waals surface area (Å²) in [5.74, 6) is 0.562. The van der Waals surface area contributed by atoms with Crippen LogP contribution >= 0.6 is 12.2 Å². The topological polar surface area (TPSA) is 115 Å². The highest BCUT2D eigenvalue weighted by Gasteiger charge is 2.18. The fourth-order valence-corrected chi connectivity index (χ4v) is 2.46. The average Bonchev–Trinajstić information content (AvgIpc) is 2.66. The zero-order valence-electron chi connectivity index (χ0n) is 14.9. The number of methoxy groups -OCH3 is 2. The summed E-state index contributed by atoms with van der Waals surface area (Å²) in [4.78, 5) is 22.7. The molecule has 142 valence electrons. The van der Waals surface area contributed by atoms with Crippen molar-refractivity contribution in [3.05, 3.63) is 57.6 Å². The van der Waals surface area contributed by atoms with E-state index < -0.39 is 10.8 Å². The Labute approximate surface area is 160 Å². The number of anilines is 1. The van der Waals surface area contributed by atoms with Gasteiger partial charge in [0.2, 0.25) is 0 Å². The molecule has 0 aliphatic heterocycles. The normalized spacial score (nSPS) is 9.89. The molecule has 0 heterocycles. The molecule has 0 saturated carbocycles. The summed E-state index contributed by atoms with van der Waals surface area (Å²) in [5.41, 5.74) is 5.82. The van der Waals surface area contributed by atoms with Crippen molar-refractivity contribution in [1.82, 2.24) is 10.9 Å². The first kappa shape index (κ1) is 19.9. The largest absolute Gasteiger partial charge is 0.497 e. The fourth-order valence-electron chi connectivity index (χ4n) is 2.30. The van der Waals surface area contributed by atoms with Crippen molar-refractivity contribution in [2.75, 3.05) is 19.5 Å². The molecule has 0 atom stereocenters. The smallest absolute Gasteiger partial charge is 0.273 e. The number of nitro groups is 1. The van der Waals surface area contributed by atoms with Gasteiger partial charge in [-0.15, -0.1) is 0 Å². The predicted octanol–water partition coefficient (Wildman–Crippen LogP) is 2.55. The molecule has 9 nitrogen and oxygen atoms in total. The second-order valence-electron chi connectivity index (χ2n) is 5.31. The van der Waals surface area contributed by atoms with Crippen molar-refractivity contribution in [3.63, 3.8) is 0 Å². The minimum Gasteiger partial charge on any atom is -0.497 e. The minimum atomic E-state index is -0.554. The van der Waals surface area contributed by atoms with E-state index in [2.05, 4.69) is 16.2 Å². The van der Waals surface area contributed by atoms with Crippen molar-refractivity contribution >= 4 is 34.6 Å². The fraction of sp³-hybridized carbons (Fsp3) is 0.176. The van der Waals surface area contributed by atoms with Gasteiger partial charge in [-0.3, -0.25) is 25.8 Å². The lowest BCUT2D eigenvalue weighted by Gasteiger charge is -2.15. The van der Waals surface area contributed by atoms with Crippen molar-refractivity contribution in [3.8, 4) is 11.5 Å². The average molecular weight is 390 g/mol. The third-order valence-electron chi connectivity index (χ3n) is 3.69. The quantitative estimate of drug-likeness (QED) is 0.405. The van der Waals surface area contributed by atoms with Crippen molar-refractivity contribution in [2.45, 2.75) is 6.92 Å². The highest BCUT2D eigenvalue weighted by atomic mass is 32.1. The van der Waals surface area contributed by atoms with Gasteiger partial charge in [0, 0.05) is 17.7 Å². The number of hydrogen-bond acceptors (Lipinski definition) is 6. The number of hydrogen-bond donors (Lipinski definition) is 3. The van der Waals surface area contributed by atoms with Gasteiger partial charge in [0.1, 0.15) is 11.5 Å². The Kier molecular flexibility index (Phi) is 6.50. The van der Waals surface area contributed by atoms with Crippen molar-refractivity contribution in [1.29, 1.82) is 0 Å². The first-order valence-electron chi connectivity index (χ1n) is 7.70. The molecular formula is C17H18N4O5S. The van der Waals surface area contributed by atoms with Crippen molar-refractivity contribution in [2.24, 2.45) is 0 Å². The predicted molar refractivity (Wildman–Crippen MR) is 104 cm³/mol. The highest BCUT2D eigenvalue weighted by molar-refractivity contribution is 7.80. The van der Waals surface area contributed by atoms with E-state index in [4.69, 9.17) is 21.7 Å². The standard InChI is InChI=1S/C17H18N4O5S/c1-10-12(5-4-6-14(10)21(23)24)16(22)19-20-17(27)18-13-8-7-11(25-2)9-15(13)26-3/h4-9H,1-3H3,(H,19,22)(H2,18,20,27). The van der Waals surface area contributed by atoms with E-state index >= 15 is 0 Å². The van der Waals surface area contributed by atoms with Crippen LogP contribution in [0.3, 0.4) is 0 Å². The number of benzene rings is 2. The zero-order chi connectivity index (χ0) is 20.0. The van der Waals surface area contributed by atoms with Crippen molar-refractivity contribution < 1.29 is 19.2 Å². The van der Waals surface area contributed by atoms with E-state index in [0.29, 0.717) is 17.2 Å². The Morgan fingerprint density at radius 3 is 2.52 bits per heavy atom. The van der Waals surface area contributed by atoms with Crippen LogP contribution in [0.5, 0.6) is 11.5 Å². The molecule has 2 rings (SSSR count). The van der Waals surface area contributed by atoms with Crippen LogP contribution in [0.2, 0.25) is 0 Å². The molecule has 0 radical (unpaired) electrons. The third-order valence-corrected chi connectivity index (χ3v) is 3.90. The number of amides is 1. The van der Waals surface area contributed by atoms with Gasteiger partial charge in [0.05, 0.1) is 30.4 Å². The zero-order valence-corrected chi connectivity index (χ0v) is 15.7. The number of nitrogens with one attached hydrogen (secondary N) is 3. The van der Waals surface area contributed by atoms with E-state index in [9.17, 15) is 14.9 Å². The van der Waals surface area contributed by atoms with Crippen LogP contribution in [-0.4, -0.2) is 30.2 Å². The molecule has 10 heteroatoms. The lowest BCUT2D eigenvalue weighted by atomic mass is 10.1. The van der Waals surface area contributed by atoms with Gasteiger partial charge in [-0.05, 0) is 37.3 Å². The molecule has 0 unspecified atom stereocenters. The molecule has 0 bridgehead atoms. The Morgan fingerprint density at radius 2 is 1.89 bits per heavy atom. The number of carbonyl (C=O) groups excluding carboxylic acids is 1. The molecule has 0 spiro atoms. The SMILES string of the molecule is COc1ccc(NC(=S)NNC(=O)c2cccc([N+](=O)[O-])c2C)c(OC)c1. The summed E-state index contributed by atoms with van der Waals surface area (Å²) >= 11 is 5.14. The molecule has 2 aromatic rings. The first-order chi connectivity index (χ1) is 12.9. The van der Waals surface area contributed by atoms with E-state index in [1.807, 2.05) is 0 Å². The maximum atomic E-state index is 12.3. The van der Waals surface area contributed by atoms with Gasteiger partial charge in [-0.1, -0.05) is 6.07 Å². The molecule has 0 saturated heterocycles. The molecule has 3 N–H and O–H groups in total. The summed E-state index contributed by atoms with van der Waals surface area (Å²) in [6.45, 7) is 1.51. The lowest BCUT2D eigenvalue weighted by Crippen LogP contribution is -2.44. The summed E-state index contributed by atoms with van der Waals surface area (Å²) in [6, 6.07) is 9.37. The minimum absolute atomic E-state index is 0.106. The number of thiocarbonyl (C=S) groups is 1. The lowest BCUT2D eigenvalue weighted by molar-refractivity contribution is -0.385. The van der Waals surface area contributed by atoms with Gasteiger partial charge in [0.25, 0.3) is 11.6 Å². The number of nitro benzene ring substituents is 1. The number of ether oxygens (including phenoxy) is 2. The molecule has 0 aromatic heterocycles. The van der Waals surface area contributed by atoms with Crippen LogP contribution in [0, 0.1) is 17.0 Å². The summed E-state index contributed by atoms with van der Waals surface area (Å²) < 4.78 is 10.4. The van der Waals surface area contributed by atoms with Gasteiger partial charge in [-0.25, -0.2) is 0 Å². The van der Waals surface area contributed by atoms with Crippen LogP contribution < -0.4 is 25.6 Å². The maximum Gasteiger partial charge on any atom is 0.273 e. The van der Waals surface area contributed by atoms with Gasteiger partial charge in [-0.2, -0.15) is 0 Å². The maximum absolute atomic E-state index is 12.3. The van der Waals surface area contributed by atoms with Crippen LogP contribution in [-0.2, 0) is 0 Å². The Morgan fingerprint density at radius 1 is 1.15 bits per heavy atom. The number of hydrazine groups is 1. The van der Waals surface area contributed by atoms with E-state index in [-0.39, 0.29) is 21.9 Å². The molecule has 0 fully saturated rings. The highest BCUT2D eigenvalue weighted by Crippen LogP contribution is 2.28. The first-order valence-corrected chi connectivity index (χ1v) is 8.11. The molecule has 0 aliphatic rings. The van der Waals surface area contributed by atoms with Crippen LogP contribution in [0.15, 0.2) is 36.4 Å². The third kappa shape index (κ3) is 4.82. The monoisotopic (exact) mass is 390 g/mol. The van der Waals surface area contributed by atoms with Gasteiger partial charge >= 0.3 is 0 Å². The second-order valence-corrected chi connectivity index (χ2v) is 5.71. The van der Waals surface area contributed by atoms with E-state index in [0.717, 1.165) is 0 Å². The Hall–Kier alpha value is -3.40. The van der Waals surface area contributed by atoms with Crippen LogP contribution in [0.1, 0.15) is 15.9 Å². The molecule has 2 aromatic carbocycles. The number of nitrogens with zero attached hydrogens (tertiary/aromatic N) is 1. The van der Waals surface area contributed by atoms with Gasteiger partial charge in [0.15, 0.2) is 5.11 Å². The Bertz CT molecular complexity index is 888. The molecule has 27 heavy (non-hydrogen) atoms. The number of carbonyl (C=O) groups is 1. The summed E-state index contributed by atoms with van der Waals surface area (Å²) in [5, 5.41) is 14.0. The number of rotatable bonds is 5. The summed E-state index contributed by atoms with van der Waals surface area (Å²) in [7, 11) is 3.04. The Balaban J connectivity index is 2.03. The van der Waals surface area contributed by atoms with Crippen LogP contribution in [0.25, 0.3) is 0 Å². The van der Waals surface area contributed by atoms with E-state index in [1.54, 1.807) is 25.3 Å². The molecule has 0 aliphatic carbocycles.